The quantitative estimate of drug-likeness (QED) is 0.788. The van der Waals surface area contributed by atoms with E-state index >= 15 is 0 Å². The zero-order chi connectivity index (χ0) is 13.7. The Labute approximate surface area is 119 Å². The second-order valence-electron chi connectivity index (χ2n) is 5.02. The molecule has 0 amide bonds. The Morgan fingerprint density at radius 3 is 2.58 bits per heavy atom. The topological polar surface area (TPSA) is 24.9 Å². The lowest BCUT2D eigenvalue weighted by Crippen LogP contribution is -2.13. The van der Waals surface area contributed by atoms with Crippen molar-refractivity contribution in [2.45, 2.75) is 39.7 Å². The first-order chi connectivity index (χ1) is 9.22. The van der Waals surface area contributed by atoms with Crippen LogP contribution < -0.4 is 5.32 Å². The Kier molecular flexibility index (Phi) is 5.11. The van der Waals surface area contributed by atoms with E-state index in [0.29, 0.717) is 5.92 Å². The number of thiazole rings is 1. The molecule has 1 heterocycles. The van der Waals surface area contributed by atoms with Crippen molar-refractivity contribution in [1.82, 2.24) is 10.3 Å². The summed E-state index contributed by atoms with van der Waals surface area (Å²) in [6.07, 6.45) is 1.16. The molecule has 0 spiro atoms. The minimum absolute atomic E-state index is 0.521. The molecule has 3 heteroatoms. The van der Waals surface area contributed by atoms with Gasteiger partial charge in [-0.3, -0.25) is 0 Å². The molecule has 0 aliphatic carbocycles. The minimum Gasteiger partial charge on any atom is -0.310 e. The predicted octanol–water partition coefficient (Wildman–Crippen LogP) is 4.43. The Balaban J connectivity index is 2.26. The van der Waals surface area contributed by atoms with Crippen molar-refractivity contribution in [2.75, 3.05) is 6.54 Å². The molecule has 2 aromatic rings. The van der Waals surface area contributed by atoms with Crippen LogP contribution in [0.4, 0.5) is 0 Å². The van der Waals surface area contributed by atoms with Crippen LogP contribution in [0, 0.1) is 0 Å². The van der Waals surface area contributed by atoms with E-state index in [4.69, 9.17) is 4.98 Å². The molecule has 1 N–H and O–H groups in total. The van der Waals surface area contributed by atoms with Crippen molar-refractivity contribution < 1.29 is 0 Å². The maximum Gasteiger partial charge on any atom is 0.107 e. The lowest BCUT2D eigenvalue weighted by Gasteiger charge is -2.04. The Bertz CT molecular complexity index is 503. The summed E-state index contributed by atoms with van der Waals surface area (Å²) in [4.78, 5) is 6.22. The summed E-state index contributed by atoms with van der Waals surface area (Å²) >= 11 is 1.84. The van der Waals surface area contributed by atoms with Gasteiger partial charge in [0.25, 0.3) is 0 Å². The second-order valence-corrected chi connectivity index (χ2v) is 6.13. The van der Waals surface area contributed by atoms with Crippen molar-refractivity contribution in [3.05, 3.63) is 40.2 Å². The maximum absolute atomic E-state index is 4.83. The first-order valence-corrected chi connectivity index (χ1v) is 7.79. The highest BCUT2D eigenvalue weighted by molar-refractivity contribution is 7.12. The summed E-state index contributed by atoms with van der Waals surface area (Å²) < 4.78 is 0. The van der Waals surface area contributed by atoms with Gasteiger partial charge in [-0.05, 0) is 18.9 Å². The van der Waals surface area contributed by atoms with Gasteiger partial charge in [0.1, 0.15) is 5.01 Å². The molecule has 0 fully saturated rings. The molecule has 0 saturated heterocycles. The van der Waals surface area contributed by atoms with Crippen LogP contribution in [-0.2, 0) is 6.54 Å². The predicted molar refractivity (Wildman–Crippen MR) is 83.6 cm³/mol. The molecule has 0 atom stereocenters. The van der Waals surface area contributed by atoms with E-state index in [-0.39, 0.29) is 0 Å². The fraction of sp³-hybridized carbons (Fsp3) is 0.438. The molecule has 102 valence electrons. The minimum atomic E-state index is 0.521. The first-order valence-electron chi connectivity index (χ1n) is 6.98. The molecule has 0 bridgehead atoms. The van der Waals surface area contributed by atoms with Crippen LogP contribution in [0.2, 0.25) is 0 Å². The standard InChI is InChI=1S/C16H22N2S/c1-4-10-17-11-14-18-15(16(19-14)12(2)3)13-8-6-5-7-9-13/h5-9,12,17H,4,10-11H2,1-3H3. The van der Waals surface area contributed by atoms with Crippen LogP contribution in [-0.4, -0.2) is 11.5 Å². The fourth-order valence-electron chi connectivity index (χ4n) is 2.02. The van der Waals surface area contributed by atoms with Gasteiger partial charge in [-0.15, -0.1) is 11.3 Å². The van der Waals surface area contributed by atoms with Crippen LogP contribution in [0.1, 0.15) is 43.0 Å². The summed E-state index contributed by atoms with van der Waals surface area (Å²) in [5, 5.41) is 4.62. The van der Waals surface area contributed by atoms with Crippen LogP contribution in [0.15, 0.2) is 30.3 Å². The summed E-state index contributed by atoms with van der Waals surface area (Å²) in [6, 6.07) is 10.5. The fourth-order valence-corrected chi connectivity index (χ4v) is 3.08. The van der Waals surface area contributed by atoms with E-state index in [0.717, 1.165) is 25.2 Å². The monoisotopic (exact) mass is 274 g/mol. The summed E-state index contributed by atoms with van der Waals surface area (Å²) in [5.74, 6) is 0.521. The lowest BCUT2D eigenvalue weighted by molar-refractivity contribution is 0.673. The maximum atomic E-state index is 4.83. The highest BCUT2D eigenvalue weighted by Gasteiger charge is 2.15. The first kappa shape index (κ1) is 14.2. The highest BCUT2D eigenvalue weighted by Crippen LogP contribution is 2.33. The molecule has 0 aliphatic heterocycles. The van der Waals surface area contributed by atoms with E-state index in [1.807, 2.05) is 11.3 Å². The van der Waals surface area contributed by atoms with Gasteiger partial charge < -0.3 is 5.32 Å². The van der Waals surface area contributed by atoms with E-state index in [1.165, 1.54) is 15.4 Å². The van der Waals surface area contributed by atoms with Crippen LogP contribution in [0.5, 0.6) is 0 Å². The van der Waals surface area contributed by atoms with Crippen molar-refractivity contribution in [1.29, 1.82) is 0 Å². The number of benzene rings is 1. The third-order valence-electron chi connectivity index (χ3n) is 2.97. The number of nitrogens with one attached hydrogen (secondary N) is 1. The molecule has 0 saturated carbocycles. The molecule has 0 aliphatic rings. The van der Waals surface area contributed by atoms with Gasteiger partial charge in [-0.1, -0.05) is 51.1 Å². The van der Waals surface area contributed by atoms with Gasteiger partial charge in [0, 0.05) is 17.0 Å². The molecule has 0 unspecified atom stereocenters. The molecule has 2 nitrogen and oxygen atoms in total. The largest absolute Gasteiger partial charge is 0.310 e. The Hall–Kier alpha value is -1.19. The van der Waals surface area contributed by atoms with E-state index in [2.05, 4.69) is 56.4 Å². The normalized spacial score (nSPS) is 11.2. The van der Waals surface area contributed by atoms with Crippen molar-refractivity contribution in [3.63, 3.8) is 0 Å². The number of rotatable bonds is 6. The van der Waals surface area contributed by atoms with Gasteiger partial charge in [-0.25, -0.2) is 4.98 Å². The molecular weight excluding hydrogens is 252 g/mol. The zero-order valence-corrected chi connectivity index (χ0v) is 12.8. The average Bonchev–Trinajstić information content (AvgIpc) is 2.84. The smallest absolute Gasteiger partial charge is 0.107 e. The molecule has 2 rings (SSSR count). The molecule has 1 aromatic carbocycles. The van der Waals surface area contributed by atoms with Gasteiger partial charge in [-0.2, -0.15) is 0 Å². The van der Waals surface area contributed by atoms with Gasteiger partial charge in [0.05, 0.1) is 5.69 Å². The number of hydrogen-bond donors (Lipinski definition) is 1. The molecule has 1 aromatic heterocycles. The second kappa shape index (κ2) is 6.83. The van der Waals surface area contributed by atoms with Crippen LogP contribution >= 0.6 is 11.3 Å². The van der Waals surface area contributed by atoms with Crippen LogP contribution in [0.3, 0.4) is 0 Å². The van der Waals surface area contributed by atoms with Crippen LogP contribution in [0.25, 0.3) is 11.3 Å². The van der Waals surface area contributed by atoms with Gasteiger partial charge in [0.15, 0.2) is 0 Å². The van der Waals surface area contributed by atoms with Crippen molar-refractivity contribution in [2.24, 2.45) is 0 Å². The number of nitrogens with zero attached hydrogens (tertiary/aromatic N) is 1. The third kappa shape index (κ3) is 3.64. The summed E-state index contributed by atoms with van der Waals surface area (Å²) in [7, 11) is 0. The lowest BCUT2D eigenvalue weighted by atomic mass is 10.1. The zero-order valence-electron chi connectivity index (χ0n) is 11.9. The van der Waals surface area contributed by atoms with E-state index in [9.17, 15) is 0 Å². The number of aromatic nitrogens is 1. The highest BCUT2D eigenvalue weighted by atomic mass is 32.1. The average molecular weight is 274 g/mol. The molecule has 19 heavy (non-hydrogen) atoms. The van der Waals surface area contributed by atoms with E-state index < -0.39 is 0 Å². The molecule has 0 radical (unpaired) electrons. The van der Waals surface area contributed by atoms with Gasteiger partial charge in [0.2, 0.25) is 0 Å². The van der Waals surface area contributed by atoms with Gasteiger partial charge >= 0.3 is 0 Å². The van der Waals surface area contributed by atoms with Crippen molar-refractivity contribution >= 4 is 11.3 Å². The summed E-state index contributed by atoms with van der Waals surface area (Å²) in [6.45, 7) is 8.60. The summed E-state index contributed by atoms with van der Waals surface area (Å²) in [5.41, 5.74) is 2.39. The Morgan fingerprint density at radius 2 is 1.95 bits per heavy atom. The van der Waals surface area contributed by atoms with E-state index in [1.54, 1.807) is 0 Å². The third-order valence-corrected chi connectivity index (χ3v) is 4.33. The molecular formula is C16H22N2S. The SMILES string of the molecule is CCCNCc1nc(-c2ccccc2)c(C(C)C)s1. The Morgan fingerprint density at radius 1 is 1.21 bits per heavy atom. The van der Waals surface area contributed by atoms with Crippen molar-refractivity contribution in [3.8, 4) is 11.3 Å². The number of hydrogen-bond acceptors (Lipinski definition) is 3.